The Morgan fingerprint density at radius 3 is 2.59 bits per heavy atom. The molecular formula is C24H23N3O2. The number of nitrogens with one attached hydrogen (secondary N) is 1. The highest BCUT2D eigenvalue weighted by atomic mass is 16.5. The molecule has 0 atom stereocenters. The van der Waals surface area contributed by atoms with E-state index in [9.17, 15) is 4.79 Å². The maximum Gasteiger partial charge on any atom is 0.256 e. The molecule has 5 nitrogen and oxygen atoms in total. The lowest BCUT2D eigenvalue weighted by molar-refractivity contribution is 0.102. The van der Waals surface area contributed by atoms with Crippen LogP contribution < -0.4 is 10.1 Å². The lowest BCUT2D eigenvalue weighted by Crippen LogP contribution is -2.14. The minimum Gasteiger partial charge on any atom is -0.495 e. The second kappa shape index (κ2) is 7.43. The number of ether oxygens (including phenoxy) is 1. The van der Waals surface area contributed by atoms with E-state index in [1.54, 1.807) is 7.11 Å². The summed E-state index contributed by atoms with van der Waals surface area (Å²) in [4.78, 5) is 17.6. The number of aryl methyl sites for hydroxylation is 3. The van der Waals surface area contributed by atoms with E-state index < -0.39 is 0 Å². The molecule has 2 heterocycles. The van der Waals surface area contributed by atoms with Gasteiger partial charge in [-0.15, -0.1) is 0 Å². The number of carbonyl (C=O) groups excluding carboxylic acids is 1. The number of rotatable bonds is 4. The molecule has 1 amide bonds. The Labute approximate surface area is 170 Å². The van der Waals surface area contributed by atoms with Crippen LogP contribution in [-0.4, -0.2) is 22.4 Å². The van der Waals surface area contributed by atoms with Crippen molar-refractivity contribution in [3.05, 3.63) is 83.2 Å². The summed E-state index contributed by atoms with van der Waals surface area (Å²) in [6.45, 7) is 5.99. The molecule has 0 aliphatic rings. The Bertz CT molecular complexity index is 1220. The quantitative estimate of drug-likeness (QED) is 0.526. The van der Waals surface area contributed by atoms with Crippen molar-refractivity contribution in [1.82, 2.24) is 9.38 Å². The minimum absolute atomic E-state index is 0.163. The van der Waals surface area contributed by atoms with Crippen molar-refractivity contribution in [3.63, 3.8) is 0 Å². The zero-order valence-electron chi connectivity index (χ0n) is 17.0. The number of anilines is 1. The number of nitrogens with zero attached hydrogens (tertiary/aromatic N) is 2. The Kier molecular flexibility index (Phi) is 4.80. The summed E-state index contributed by atoms with van der Waals surface area (Å²) >= 11 is 0. The van der Waals surface area contributed by atoms with Gasteiger partial charge in [0.2, 0.25) is 0 Å². The molecule has 0 aliphatic heterocycles. The van der Waals surface area contributed by atoms with Crippen LogP contribution in [0.5, 0.6) is 5.75 Å². The molecule has 0 bridgehead atoms. The molecule has 2 aromatic heterocycles. The Morgan fingerprint density at radius 1 is 1.03 bits per heavy atom. The lowest BCUT2D eigenvalue weighted by atomic mass is 10.0. The van der Waals surface area contributed by atoms with Gasteiger partial charge in [0.15, 0.2) is 0 Å². The van der Waals surface area contributed by atoms with Crippen LogP contribution in [0.1, 0.15) is 27.0 Å². The van der Waals surface area contributed by atoms with E-state index in [1.165, 1.54) is 0 Å². The average Bonchev–Trinajstić information content (AvgIpc) is 3.13. The van der Waals surface area contributed by atoms with E-state index in [0.29, 0.717) is 17.0 Å². The highest BCUT2D eigenvalue weighted by molar-refractivity contribution is 6.06. The minimum atomic E-state index is -0.163. The van der Waals surface area contributed by atoms with Gasteiger partial charge < -0.3 is 14.5 Å². The third kappa shape index (κ3) is 3.59. The second-order valence-corrected chi connectivity index (χ2v) is 7.24. The predicted octanol–water partition coefficient (Wildman–Crippen LogP) is 5.19. The van der Waals surface area contributed by atoms with E-state index >= 15 is 0 Å². The predicted molar refractivity (Wildman–Crippen MR) is 116 cm³/mol. The van der Waals surface area contributed by atoms with Crippen molar-refractivity contribution in [2.45, 2.75) is 20.8 Å². The van der Waals surface area contributed by atoms with E-state index in [2.05, 4.69) is 5.32 Å². The Morgan fingerprint density at radius 2 is 1.86 bits per heavy atom. The van der Waals surface area contributed by atoms with Crippen molar-refractivity contribution in [3.8, 4) is 17.0 Å². The molecule has 0 saturated heterocycles. The molecule has 0 unspecified atom stereocenters. The highest BCUT2D eigenvalue weighted by Crippen LogP contribution is 2.31. The molecular weight excluding hydrogens is 362 g/mol. The second-order valence-electron chi connectivity index (χ2n) is 7.24. The van der Waals surface area contributed by atoms with Crippen LogP contribution >= 0.6 is 0 Å². The summed E-state index contributed by atoms with van der Waals surface area (Å²) in [5, 5.41) is 2.99. The van der Waals surface area contributed by atoms with Gasteiger partial charge in [-0.3, -0.25) is 4.79 Å². The molecule has 29 heavy (non-hydrogen) atoms. The average molecular weight is 385 g/mol. The number of amides is 1. The molecule has 1 N–H and O–H groups in total. The van der Waals surface area contributed by atoms with Crippen molar-refractivity contribution in [2.24, 2.45) is 0 Å². The topological polar surface area (TPSA) is 55.6 Å². The van der Waals surface area contributed by atoms with Gasteiger partial charge in [-0.2, -0.15) is 0 Å². The van der Waals surface area contributed by atoms with E-state index in [4.69, 9.17) is 9.72 Å². The fourth-order valence-corrected chi connectivity index (χ4v) is 3.52. The molecule has 146 valence electrons. The van der Waals surface area contributed by atoms with Crippen LogP contribution in [0.2, 0.25) is 0 Å². The Balaban J connectivity index is 1.71. The molecule has 0 aliphatic carbocycles. The van der Waals surface area contributed by atoms with Gasteiger partial charge >= 0.3 is 0 Å². The smallest absolute Gasteiger partial charge is 0.256 e. The van der Waals surface area contributed by atoms with Crippen LogP contribution in [0.4, 0.5) is 5.69 Å². The van der Waals surface area contributed by atoms with Crippen LogP contribution in [-0.2, 0) is 0 Å². The molecule has 2 aromatic carbocycles. The number of pyridine rings is 1. The van der Waals surface area contributed by atoms with E-state index in [-0.39, 0.29) is 5.91 Å². The number of imidazole rings is 1. The van der Waals surface area contributed by atoms with Crippen LogP contribution in [0, 0.1) is 20.8 Å². The Hall–Kier alpha value is -3.60. The van der Waals surface area contributed by atoms with Gasteiger partial charge in [-0.05, 0) is 62.2 Å². The van der Waals surface area contributed by atoms with Gasteiger partial charge in [0.1, 0.15) is 11.4 Å². The van der Waals surface area contributed by atoms with Crippen LogP contribution in [0.25, 0.3) is 16.9 Å². The number of methoxy groups -OCH3 is 1. The zero-order chi connectivity index (χ0) is 20.5. The zero-order valence-corrected chi connectivity index (χ0v) is 17.0. The fraction of sp³-hybridized carbons (Fsp3) is 0.167. The number of carbonyl (C=O) groups is 1. The molecule has 0 radical (unpaired) electrons. The molecule has 0 spiro atoms. The van der Waals surface area contributed by atoms with Gasteiger partial charge in [-0.1, -0.05) is 23.8 Å². The number of aromatic nitrogens is 2. The largest absolute Gasteiger partial charge is 0.495 e. The number of hydrogen-bond donors (Lipinski definition) is 1. The monoisotopic (exact) mass is 385 g/mol. The first-order chi connectivity index (χ1) is 14.0. The van der Waals surface area contributed by atoms with Crippen LogP contribution in [0.3, 0.4) is 0 Å². The van der Waals surface area contributed by atoms with E-state index in [0.717, 1.165) is 33.6 Å². The maximum absolute atomic E-state index is 12.9. The third-order valence-corrected chi connectivity index (χ3v) is 5.05. The number of hydrogen-bond acceptors (Lipinski definition) is 3. The number of benzene rings is 2. The molecule has 4 aromatic rings. The first kappa shape index (κ1) is 18.7. The number of fused-ring (bicyclic) bond motifs is 1. The third-order valence-electron chi connectivity index (χ3n) is 5.05. The van der Waals surface area contributed by atoms with Crippen molar-refractivity contribution in [2.75, 3.05) is 12.4 Å². The summed E-state index contributed by atoms with van der Waals surface area (Å²) < 4.78 is 7.46. The maximum atomic E-state index is 12.9. The standard InChI is InChI=1S/C24H23N3O2/c1-15-7-9-19(17(3)12-15)24(28)26-20-13-18(8-10-22(20)29-4)21-14-27-11-5-6-16(2)23(27)25-21/h5-14H,1-4H3,(H,26,28). The molecule has 5 heteroatoms. The molecule has 4 rings (SSSR count). The van der Waals surface area contributed by atoms with Gasteiger partial charge in [-0.25, -0.2) is 4.98 Å². The first-order valence-electron chi connectivity index (χ1n) is 9.47. The first-order valence-corrected chi connectivity index (χ1v) is 9.47. The van der Waals surface area contributed by atoms with Crippen molar-refractivity contribution in [1.29, 1.82) is 0 Å². The van der Waals surface area contributed by atoms with Crippen molar-refractivity contribution >= 4 is 17.2 Å². The normalized spacial score (nSPS) is 10.9. The summed E-state index contributed by atoms with van der Waals surface area (Å²) in [5.74, 6) is 0.440. The molecule has 0 saturated carbocycles. The summed E-state index contributed by atoms with van der Waals surface area (Å²) in [7, 11) is 1.59. The van der Waals surface area contributed by atoms with Gasteiger partial charge in [0, 0.05) is 23.5 Å². The summed E-state index contributed by atoms with van der Waals surface area (Å²) in [6, 6.07) is 15.5. The van der Waals surface area contributed by atoms with Crippen LogP contribution in [0.15, 0.2) is 60.9 Å². The lowest BCUT2D eigenvalue weighted by Gasteiger charge is -2.13. The van der Waals surface area contributed by atoms with E-state index in [1.807, 2.05) is 86.1 Å². The fourth-order valence-electron chi connectivity index (χ4n) is 3.52. The van der Waals surface area contributed by atoms with Crippen molar-refractivity contribution < 1.29 is 9.53 Å². The summed E-state index contributed by atoms with van der Waals surface area (Å²) in [5.41, 5.74) is 7.09. The highest BCUT2D eigenvalue weighted by Gasteiger charge is 2.14. The SMILES string of the molecule is COc1ccc(-c2cn3cccc(C)c3n2)cc1NC(=O)c1ccc(C)cc1C. The molecule has 0 fully saturated rings. The van der Waals surface area contributed by atoms with Gasteiger partial charge in [0.25, 0.3) is 5.91 Å². The summed E-state index contributed by atoms with van der Waals surface area (Å²) in [6.07, 6.45) is 3.96. The van der Waals surface area contributed by atoms with Gasteiger partial charge in [0.05, 0.1) is 18.5 Å².